The van der Waals surface area contributed by atoms with Crippen molar-refractivity contribution < 1.29 is 4.79 Å². The first kappa shape index (κ1) is 18.2. The molecule has 1 atom stereocenters. The molecule has 2 aromatic heterocycles. The number of nitrogens with zero attached hydrogens (tertiary/aromatic N) is 5. The molecule has 1 fully saturated rings. The summed E-state index contributed by atoms with van der Waals surface area (Å²) in [5, 5.41) is 7.34. The highest BCUT2D eigenvalue weighted by Crippen LogP contribution is 2.24. The number of hydrogen-bond acceptors (Lipinski definition) is 5. The van der Waals surface area contributed by atoms with Gasteiger partial charge < -0.3 is 10.2 Å². The molecule has 1 aliphatic heterocycles. The van der Waals surface area contributed by atoms with E-state index in [0.29, 0.717) is 6.54 Å². The van der Waals surface area contributed by atoms with E-state index in [1.165, 1.54) is 0 Å². The van der Waals surface area contributed by atoms with E-state index in [2.05, 4.69) is 31.3 Å². The van der Waals surface area contributed by atoms with Gasteiger partial charge in [-0.1, -0.05) is 12.1 Å². The maximum absolute atomic E-state index is 12.9. The Morgan fingerprint density at radius 2 is 2.04 bits per heavy atom. The molecule has 1 saturated heterocycles. The predicted molar refractivity (Wildman–Crippen MR) is 109 cm³/mol. The fraction of sp³-hybridized carbons (Fsp3) is 0.333. The standard InChI is InChI=1S/C21H24N6O/c1-15-6-7-16(2)18(11-15)25-21(28)17-5-3-9-26(13-17)19-12-20(23-14-22-19)27-10-4-8-24-27/h4,6-8,10-12,14,17H,3,5,9,13H2,1-2H3,(H,25,28). The van der Waals surface area contributed by atoms with Crippen molar-refractivity contribution in [3.63, 3.8) is 0 Å². The first-order valence-corrected chi connectivity index (χ1v) is 9.55. The van der Waals surface area contributed by atoms with Crippen LogP contribution in [0.3, 0.4) is 0 Å². The second kappa shape index (κ2) is 7.80. The van der Waals surface area contributed by atoms with Crippen molar-refractivity contribution in [2.45, 2.75) is 26.7 Å². The maximum atomic E-state index is 12.9. The number of benzene rings is 1. The third kappa shape index (κ3) is 3.88. The Morgan fingerprint density at radius 1 is 1.18 bits per heavy atom. The number of piperidine rings is 1. The summed E-state index contributed by atoms with van der Waals surface area (Å²) in [7, 11) is 0. The highest BCUT2D eigenvalue weighted by Gasteiger charge is 2.27. The first-order valence-electron chi connectivity index (χ1n) is 9.55. The van der Waals surface area contributed by atoms with E-state index >= 15 is 0 Å². The molecular formula is C21H24N6O. The van der Waals surface area contributed by atoms with Gasteiger partial charge in [0.1, 0.15) is 12.1 Å². The molecule has 7 nitrogen and oxygen atoms in total. The number of carbonyl (C=O) groups is 1. The van der Waals surface area contributed by atoms with Crippen LogP contribution in [-0.4, -0.2) is 38.7 Å². The van der Waals surface area contributed by atoms with Gasteiger partial charge in [0.25, 0.3) is 0 Å². The summed E-state index contributed by atoms with van der Waals surface area (Å²) < 4.78 is 1.71. The molecule has 1 unspecified atom stereocenters. The second-order valence-corrected chi connectivity index (χ2v) is 7.28. The highest BCUT2D eigenvalue weighted by molar-refractivity contribution is 5.93. The minimum absolute atomic E-state index is 0.0692. The van der Waals surface area contributed by atoms with Gasteiger partial charge in [-0.25, -0.2) is 14.6 Å². The van der Waals surface area contributed by atoms with Crippen LogP contribution in [0.4, 0.5) is 11.5 Å². The fourth-order valence-corrected chi connectivity index (χ4v) is 3.54. The van der Waals surface area contributed by atoms with E-state index in [0.717, 1.165) is 47.8 Å². The molecule has 1 aliphatic rings. The van der Waals surface area contributed by atoms with Crippen LogP contribution in [0.15, 0.2) is 49.1 Å². The maximum Gasteiger partial charge on any atom is 0.229 e. The summed E-state index contributed by atoms with van der Waals surface area (Å²) in [5.41, 5.74) is 3.11. The molecule has 0 spiro atoms. The summed E-state index contributed by atoms with van der Waals surface area (Å²) in [6.45, 7) is 5.57. The number of anilines is 2. The van der Waals surface area contributed by atoms with Crippen molar-refractivity contribution in [1.29, 1.82) is 0 Å². The molecule has 7 heteroatoms. The van der Waals surface area contributed by atoms with Crippen LogP contribution in [0.5, 0.6) is 0 Å². The Labute approximate surface area is 164 Å². The molecule has 1 amide bonds. The van der Waals surface area contributed by atoms with Gasteiger partial charge in [0, 0.05) is 37.2 Å². The van der Waals surface area contributed by atoms with Crippen LogP contribution in [0.1, 0.15) is 24.0 Å². The first-order chi connectivity index (χ1) is 13.6. The van der Waals surface area contributed by atoms with E-state index in [1.54, 1.807) is 17.2 Å². The number of rotatable bonds is 4. The van der Waals surface area contributed by atoms with E-state index in [9.17, 15) is 4.79 Å². The van der Waals surface area contributed by atoms with Gasteiger partial charge in [-0.05, 0) is 49.9 Å². The zero-order chi connectivity index (χ0) is 19.5. The zero-order valence-electron chi connectivity index (χ0n) is 16.2. The van der Waals surface area contributed by atoms with Crippen LogP contribution in [0, 0.1) is 19.8 Å². The Morgan fingerprint density at radius 3 is 2.86 bits per heavy atom. The molecule has 1 aromatic carbocycles. The predicted octanol–water partition coefficient (Wildman–Crippen LogP) is 3.13. The van der Waals surface area contributed by atoms with Gasteiger partial charge in [0.15, 0.2) is 5.82 Å². The number of aryl methyl sites for hydroxylation is 2. The normalized spacial score (nSPS) is 16.8. The van der Waals surface area contributed by atoms with E-state index in [4.69, 9.17) is 0 Å². The lowest BCUT2D eigenvalue weighted by atomic mass is 9.96. The molecule has 0 aliphatic carbocycles. The summed E-state index contributed by atoms with van der Waals surface area (Å²) >= 11 is 0. The number of hydrogen-bond donors (Lipinski definition) is 1. The van der Waals surface area contributed by atoms with Crippen molar-refractivity contribution >= 4 is 17.4 Å². The van der Waals surface area contributed by atoms with E-state index < -0.39 is 0 Å². The lowest BCUT2D eigenvalue weighted by molar-refractivity contribution is -0.120. The summed E-state index contributed by atoms with van der Waals surface area (Å²) in [4.78, 5) is 23.7. The molecule has 4 rings (SSSR count). The molecule has 28 heavy (non-hydrogen) atoms. The molecule has 0 saturated carbocycles. The van der Waals surface area contributed by atoms with E-state index in [1.807, 2.05) is 44.3 Å². The van der Waals surface area contributed by atoms with Crippen molar-refractivity contribution in [2.75, 3.05) is 23.3 Å². The average molecular weight is 376 g/mol. The van der Waals surface area contributed by atoms with Gasteiger partial charge in [-0.3, -0.25) is 4.79 Å². The SMILES string of the molecule is Cc1ccc(C)c(NC(=O)C2CCCN(c3cc(-n4cccn4)ncn3)C2)c1. The molecule has 3 aromatic rings. The largest absolute Gasteiger partial charge is 0.356 e. The van der Waals surface area contributed by atoms with Gasteiger partial charge in [0.2, 0.25) is 5.91 Å². The third-order valence-corrected chi connectivity index (χ3v) is 5.14. The molecule has 144 valence electrons. The zero-order valence-corrected chi connectivity index (χ0v) is 16.2. The van der Waals surface area contributed by atoms with Gasteiger partial charge in [-0.2, -0.15) is 5.10 Å². The molecule has 0 radical (unpaired) electrons. The Kier molecular flexibility index (Phi) is 5.06. The molecule has 0 bridgehead atoms. The topological polar surface area (TPSA) is 75.9 Å². The smallest absolute Gasteiger partial charge is 0.229 e. The van der Waals surface area contributed by atoms with Crippen LogP contribution in [-0.2, 0) is 4.79 Å². The Hall–Kier alpha value is -3.22. The monoisotopic (exact) mass is 376 g/mol. The van der Waals surface area contributed by atoms with Gasteiger partial charge in [0.05, 0.1) is 5.92 Å². The summed E-state index contributed by atoms with van der Waals surface area (Å²) in [5.74, 6) is 1.54. The van der Waals surface area contributed by atoms with Crippen LogP contribution >= 0.6 is 0 Å². The Balaban J connectivity index is 1.48. The van der Waals surface area contributed by atoms with Crippen LogP contribution < -0.4 is 10.2 Å². The minimum atomic E-state index is -0.0724. The number of nitrogens with one attached hydrogen (secondary N) is 1. The number of amides is 1. The number of carbonyl (C=O) groups excluding carboxylic acids is 1. The molecule has 1 N–H and O–H groups in total. The van der Waals surface area contributed by atoms with Gasteiger partial charge >= 0.3 is 0 Å². The van der Waals surface area contributed by atoms with Crippen LogP contribution in [0.2, 0.25) is 0 Å². The average Bonchev–Trinajstić information content (AvgIpc) is 3.26. The Bertz CT molecular complexity index is 969. The quantitative estimate of drug-likeness (QED) is 0.757. The highest BCUT2D eigenvalue weighted by atomic mass is 16.1. The van der Waals surface area contributed by atoms with Crippen molar-refractivity contribution in [3.8, 4) is 5.82 Å². The number of aromatic nitrogens is 4. The summed E-state index contributed by atoms with van der Waals surface area (Å²) in [6.07, 6.45) is 6.95. The van der Waals surface area contributed by atoms with Gasteiger partial charge in [-0.15, -0.1) is 0 Å². The second-order valence-electron chi connectivity index (χ2n) is 7.28. The molecule has 3 heterocycles. The third-order valence-electron chi connectivity index (χ3n) is 5.14. The lowest BCUT2D eigenvalue weighted by Gasteiger charge is -2.33. The van der Waals surface area contributed by atoms with E-state index in [-0.39, 0.29) is 11.8 Å². The minimum Gasteiger partial charge on any atom is -0.356 e. The van der Waals surface area contributed by atoms with Crippen molar-refractivity contribution in [1.82, 2.24) is 19.7 Å². The fourth-order valence-electron chi connectivity index (χ4n) is 3.54. The van der Waals surface area contributed by atoms with Crippen LogP contribution in [0.25, 0.3) is 5.82 Å². The summed E-state index contributed by atoms with van der Waals surface area (Å²) in [6, 6.07) is 9.89. The lowest BCUT2D eigenvalue weighted by Crippen LogP contribution is -2.41. The van der Waals surface area contributed by atoms with Crippen molar-refractivity contribution in [2.24, 2.45) is 5.92 Å². The molecular weight excluding hydrogens is 352 g/mol. The van der Waals surface area contributed by atoms with Crippen molar-refractivity contribution in [3.05, 3.63) is 60.2 Å².